The average molecular weight is 448 g/mol. The summed E-state index contributed by atoms with van der Waals surface area (Å²) in [5.41, 5.74) is 0.159. The Bertz CT molecular complexity index is 851. The number of nitrogens with zero attached hydrogens (tertiary/aromatic N) is 2. The standard InChI is InChI=1S/C10H6Cl4F3N2.CH4O3S/c1-18-7-5(13)3(11)4(12)6(14)8(7)19(2)9(18)10(15,16)17;1-5(2,3)4/h1-2H3;1H3,(H,2,3,4)/q+1;/p-1. The van der Waals surface area contributed by atoms with Crippen molar-refractivity contribution in [3.05, 3.63) is 25.9 Å². The molecular weight excluding hydrogens is 439 g/mol. The number of aromatic nitrogens is 2. The molecule has 0 aliphatic rings. The van der Waals surface area contributed by atoms with E-state index in [-0.39, 0.29) is 31.1 Å². The summed E-state index contributed by atoms with van der Waals surface area (Å²) in [6.45, 7) is 0. The number of hydrogen-bond acceptors (Lipinski definition) is 3. The van der Waals surface area contributed by atoms with Crippen LogP contribution in [0.15, 0.2) is 0 Å². The van der Waals surface area contributed by atoms with Gasteiger partial charge < -0.3 is 4.55 Å². The highest BCUT2D eigenvalue weighted by molar-refractivity contribution is 7.84. The topological polar surface area (TPSA) is 66.0 Å². The molecule has 1 aromatic carbocycles. The molecule has 0 saturated heterocycles. The molecule has 0 unspecified atom stereocenters. The van der Waals surface area contributed by atoms with Crippen LogP contribution in [-0.2, 0) is 30.4 Å². The Labute approximate surface area is 155 Å². The van der Waals surface area contributed by atoms with Crippen molar-refractivity contribution < 1.29 is 30.7 Å². The van der Waals surface area contributed by atoms with Crippen molar-refractivity contribution in [3.63, 3.8) is 0 Å². The maximum absolute atomic E-state index is 13.0. The smallest absolute Gasteiger partial charge is 0.495 e. The molecule has 136 valence electrons. The third kappa shape index (κ3) is 4.39. The highest BCUT2D eigenvalue weighted by Gasteiger charge is 2.46. The van der Waals surface area contributed by atoms with E-state index in [0.717, 1.165) is 9.13 Å². The molecule has 1 aromatic heterocycles. The first kappa shape index (κ1) is 21.6. The summed E-state index contributed by atoms with van der Waals surface area (Å²) in [7, 11) is -1.45. The lowest BCUT2D eigenvalue weighted by atomic mass is 10.3. The SMILES string of the molecule is CS(=O)(=O)[O-].Cn1c(C(F)(F)F)[n+](C)c2c(Cl)c(Cl)c(Cl)c(Cl)c21. The summed E-state index contributed by atoms with van der Waals surface area (Å²) in [4.78, 5) is 0. The van der Waals surface area contributed by atoms with Crippen LogP contribution >= 0.6 is 46.4 Å². The van der Waals surface area contributed by atoms with E-state index in [4.69, 9.17) is 59.4 Å². The summed E-state index contributed by atoms with van der Waals surface area (Å²) >= 11 is 23.6. The van der Waals surface area contributed by atoms with Gasteiger partial charge in [-0.3, -0.25) is 0 Å². The number of fused-ring (bicyclic) bond motifs is 1. The number of alkyl halides is 3. The second-order valence-electron chi connectivity index (χ2n) is 4.60. The van der Waals surface area contributed by atoms with Crippen LogP contribution in [0.25, 0.3) is 11.0 Å². The number of imidazole rings is 1. The summed E-state index contributed by atoms with van der Waals surface area (Å²) in [6.07, 6.45) is -3.96. The molecular formula is C11H9Cl4F3N2O3S. The maximum Gasteiger partial charge on any atom is 0.495 e. The number of benzene rings is 1. The van der Waals surface area contributed by atoms with Crippen LogP contribution in [0.1, 0.15) is 5.82 Å². The van der Waals surface area contributed by atoms with Gasteiger partial charge in [-0.05, 0) is 0 Å². The largest absolute Gasteiger partial charge is 0.748 e. The van der Waals surface area contributed by atoms with Crippen molar-refractivity contribution in [2.45, 2.75) is 6.18 Å². The molecule has 5 nitrogen and oxygen atoms in total. The average Bonchev–Trinajstić information content (AvgIpc) is 2.63. The monoisotopic (exact) mass is 446 g/mol. The molecule has 0 atom stereocenters. The Hall–Kier alpha value is -0.450. The van der Waals surface area contributed by atoms with Crippen LogP contribution in [0.3, 0.4) is 0 Å². The van der Waals surface area contributed by atoms with Crippen molar-refractivity contribution in [1.29, 1.82) is 0 Å². The lowest BCUT2D eigenvalue weighted by molar-refractivity contribution is -0.667. The van der Waals surface area contributed by atoms with E-state index < -0.39 is 22.1 Å². The summed E-state index contributed by atoms with van der Waals surface area (Å²) in [6, 6.07) is 0. The zero-order valence-electron chi connectivity index (χ0n) is 12.2. The van der Waals surface area contributed by atoms with Crippen LogP contribution in [0.2, 0.25) is 20.1 Å². The van der Waals surface area contributed by atoms with Crippen molar-refractivity contribution >= 4 is 67.6 Å². The van der Waals surface area contributed by atoms with Crippen LogP contribution in [0.4, 0.5) is 13.2 Å². The van der Waals surface area contributed by atoms with Gasteiger partial charge in [-0.25, -0.2) is 17.6 Å². The highest BCUT2D eigenvalue weighted by atomic mass is 35.5. The van der Waals surface area contributed by atoms with E-state index in [0.29, 0.717) is 6.26 Å². The molecule has 0 aliphatic heterocycles. The summed E-state index contributed by atoms with van der Waals surface area (Å²) in [5.74, 6) is -0.912. The van der Waals surface area contributed by atoms with Gasteiger partial charge in [-0.2, -0.15) is 13.2 Å². The molecule has 0 aliphatic carbocycles. The van der Waals surface area contributed by atoms with E-state index in [1.54, 1.807) is 0 Å². The van der Waals surface area contributed by atoms with Gasteiger partial charge in [0.25, 0.3) is 0 Å². The Morgan fingerprint density at radius 1 is 1.04 bits per heavy atom. The van der Waals surface area contributed by atoms with Crippen LogP contribution in [-0.4, -0.2) is 23.8 Å². The van der Waals surface area contributed by atoms with E-state index >= 15 is 0 Å². The van der Waals surface area contributed by atoms with Crippen molar-refractivity contribution in [2.75, 3.05) is 6.26 Å². The van der Waals surface area contributed by atoms with Gasteiger partial charge in [-0.1, -0.05) is 46.4 Å². The fourth-order valence-corrected chi connectivity index (χ4v) is 3.12. The first-order valence-electron chi connectivity index (χ1n) is 5.77. The fourth-order valence-electron chi connectivity index (χ4n) is 2.04. The Morgan fingerprint density at radius 3 is 1.79 bits per heavy atom. The van der Waals surface area contributed by atoms with Crippen molar-refractivity contribution in [1.82, 2.24) is 4.57 Å². The van der Waals surface area contributed by atoms with E-state index in [9.17, 15) is 13.2 Å². The first-order chi connectivity index (χ1) is 10.6. The predicted molar refractivity (Wildman–Crippen MR) is 84.8 cm³/mol. The molecule has 0 spiro atoms. The van der Waals surface area contributed by atoms with Gasteiger partial charge in [0.05, 0.1) is 34.3 Å². The molecule has 2 rings (SSSR count). The normalized spacial score (nSPS) is 12.3. The van der Waals surface area contributed by atoms with Gasteiger partial charge in [0.15, 0.2) is 11.0 Å². The lowest BCUT2D eigenvalue weighted by Gasteiger charge is -2.02. The van der Waals surface area contributed by atoms with E-state index in [1.165, 1.54) is 14.1 Å². The van der Waals surface area contributed by atoms with Gasteiger partial charge >= 0.3 is 12.0 Å². The van der Waals surface area contributed by atoms with Crippen molar-refractivity contribution in [3.8, 4) is 0 Å². The molecule has 0 amide bonds. The second-order valence-corrected chi connectivity index (χ2v) is 7.52. The maximum atomic E-state index is 13.0. The first-order valence-corrected chi connectivity index (χ1v) is 9.10. The molecule has 13 heteroatoms. The van der Waals surface area contributed by atoms with E-state index in [1.807, 2.05) is 0 Å². The molecule has 2 aromatic rings. The Kier molecular flexibility index (Phi) is 6.34. The zero-order chi connectivity index (χ0) is 19.2. The van der Waals surface area contributed by atoms with Crippen LogP contribution in [0.5, 0.6) is 0 Å². The molecule has 0 fully saturated rings. The van der Waals surface area contributed by atoms with Crippen molar-refractivity contribution in [2.24, 2.45) is 14.1 Å². The molecule has 0 N–H and O–H groups in total. The van der Waals surface area contributed by atoms with Gasteiger partial charge in [0.1, 0.15) is 10.0 Å². The number of halogens is 7. The fraction of sp³-hybridized carbons (Fsp3) is 0.364. The molecule has 24 heavy (non-hydrogen) atoms. The highest BCUT2D eigenvalue weighted by Crippen LogP contribution is 2.43. The third-order valence-electron chi connectivity index (χ3n) is 2.78. The van der Waals surface area contributed by atoms with Gasteiger partial charge in [0, 0.05) is 6.26 Å². The molecule has 1 heterocycles. The van der Waals surface area contributed by atoms with E-state index in [2.05, 4.69) is 0 Å². The summed E-state index contributed by atoms with van der Waals surface area (Å²) in [5, 5.41) is -0.286. The second kappa shape index (κ2) is 7.05. The Morgan fingerprint density at radius 2 is 1.42 bits per heavy atom. The summed E-state index contributed by atoms with van der Waals surface area (Å²) < 4.78 is 68.1. The molecule has 0 radical (unpaired) electrons. The van der Waals surface area contributed by atoms with Crippen LogP contribution in [0, 0.1) is 0 Å². The van der Waals surface area contributed by atoms with Crippen LogP contribution < -0.4 is 4.57 Å². The number of rotatable bonds is 0. The zero-order valence-corrected chi connectivity index (χ0v) is 16.0. The van der Waals surface area contributed by atoms with Gasteiger partial charge in [-0.15, -0.1) is 0 Å². The lowest BCUT2D eigenvalue weighted by Crippen LogP contribution is -2.38. The minimum Gasteiger partial charge on any atom is -0.748 e. The molecule has 0 bridgehead atoms. The third-order valence-corrected chi connectivity index (χ3v) is 4.56. The minimum atomic E-state index is -4.56. The minimum absolute atomic E-state index is 0.0698. The number of aryl methyl sites for hydroxylation is 2. The van der Waals surface area contributed by atoms with Gasteiger partial charge in [0.2, 0.25) is 0 Å². The number of hydrogen-bond donors (Lipinski definition) is 0. The quantitative estimate of drug-likeness (QED) is 0.267. The Balaban J connectivity index is 0.000000505. The molecule has 0 saturated carbocycles. The predicted octanol–water partition coefficient (Wildman–Crippen LogP) is 3.80.